The molecule has 0 saturated carbocycles. The van der Waals surface area contributed by atoms with Crippen LogP contribution in [-0.4, -0.2) is 15.0 Å². The molecule has 0 aliphatic rings. The molecule has 0 unspecified atom stereocenters. The average molecular weight is 662 g/mol. The van der Waals surface area contributed by atoms with Crippen LogP contribution in [0, 0.1) is 0 Å². The van der Waals surface area contributed by atoms with Gasteiger partial charge in [0.25, 0.3) is 0 Å². The number of benzene rings is 7. The molecule has 0 aliphatic carbocycles. The molecule has 0 fully saturated rings. The van der Waals surface area contributed by atoms with Gasteiger partial charge in [-0.05, 0) is 40.5 Å². The minimum absolute atomic E-state index is 0.891. The molecular formula is C49H31N3. The normalized spacial score (nSPS) is 11.5. The van der Waals surface area contributed by atoms with Crippen LogP contribution in [0.4, 0.5) is 0 Å². The van der Waals surface area contributed by atoms with Gasteiger partial charge in [-0.25, -0.2) is 15.0 Å². The highest BCUT2D eigenvalue weighted by atomic mass is 14.8. The molecule has 3 nitrogen and oxygen atoms in total. The Balaban J connectivity index is 1.16. The van der Waals surface area contributed by atoms with Crippen molar-refractivity contribution in [1.82, 2.24) is 15.0 Å². The van der Waals surface area contributed by atoms with Crippen molar-refractivity contribution in [2.24, 2.45) is 0 Å². The SMILES string of the molecule is c1ccc(-c2ccc(-c3cccc4c(-c5ccccc5)nc5cc(-c6ccc7ccc8ccc(-c9ccccc9)nc8c7n6)ccc5c34)cc2)cc1. The molecule has 0 spiro atoms. The molecule has 242 valence electrons. The minimum atomic E-state index is 0.891. The van der Waals surface area contributed by atoms with Gasteiger partial charge in [-0.15, -0.1) is 0 Å². The summed E-state index contributed by atoms with van der Waals surface area (Å²) in [5, 5.41) is 5.57. The first-order chi connectivity index (χ1) is 25.8. The lowest BCUT2D eigenvalue weighted by Gasteiger charge is -2.15. The third-order valence-electron chi connectivity index (χ3n) is 10.1. The van der Waals surface area contributed by atoms with Gasteiger partial charge in [0.05, 0.1) is 33.6 Å². The van der Waals surface area contributed by atoms with E-state index < -0.39 is 0 Å². The Labute approximate surface area is 301 Å². The number of pyridine rings is 3. The Morgan fingerprint density at radius 2 is 0.827 bits per heavy atom. The topological polar surface area (TPSA) is 38.7 Å². The standard InChI is InChI=1S/C49H31N3/c1-4-11-32(12-5-1)33-19-21-34(22-20-33)40-17-10-18-42-46(40)41-28-25-39(31-45(41)52-47(42)36-15-8-3-9-16-36)44-30-27-38-24-23-37-26-29-43(35-13-6-2-7-14-35)50-48(37)49(38)51-44/h1-31H. The largest absolute Gasteiger partial charge is 0.247 e. The fourth-order valence-corrected chi connectivity index (χ4v) is 7.44. The van der Waals surface area contributed by atoms with E-state index >= 15 is 0 Å². The van der Waals surface area contributed by atoms with Crippen LogP contribution in [0.15, 0.2) is 188 Å². The molecule has 0 aliphatic heterocycles. The van der Waals surface area contributed by atoms with Crippen molar-refractivity contribution >= 4 is 43.5 Å². The molecule has 0 amide bonds. The van der Waals surface area contributed by atoms with Crippen LogP contribution in [0.2, 0.25) is 0 Å². The second-order valence-corrected chi connectivity index (χ2v) is 13.2. The van der Waals surface area contributed by atoms with E-state index in [0.717, 1.165) is 71.9 Å². The smallest absolute Gasteiger partial charge is 0.0972 e. The molecule has 0 saturated heterocycles. The Bertz CT molecular complexity index is 2920. The van der Waals surface area contributed by atoms with Crippen LogP contribution in [0.1, 0.15) is 0 Å². The maximum Gasteiger partial charge on any atom is 0.0972 e. The van der Waals surface area contributed by atoms with Crippen molar-refractivity contribution in [1.29, 1.82) is 0 Å². The fraction of sp³-hybridized carbons (Fsp3) is 0. The Hall–Kier alpha value is -6.97. The van der Waals surface area contributed by atoms with Gasteiger partial charge < -0.3 is 0 Å². The monoisotopic (exact) mass is 661 g/mol. The number of fused-ring (bicyclic) bond motifs is 6. The van der Waals surface area contributed by atoms with Gasteiger partial charge >= 0.3 is 0 Å². The quantitative estimate of drug-likeness (QED) is 0.172. The summed E-state index contributed by atoms with van der Waals surface area (Å²) in [6.07, 6.45) is 0. The van der Waals surface area contributed by atoms with Crippen LogP contribution in [0.5, 0.6) is 0 Å². The van der Waals surface area contributed by atoms with Crippen LogP contribution in [-0.2, 0) is 0 Å². The summed E-state index contributed by atoms with van der Waals surface area (Å²) in [4.78, 5) is 15.8. The molecule has 0 atom stereocenters. The van der Waals surface area contributed by atoms with Gasteiger partial charge in [0.15, 0.2) is 0 Å². The third kappa shape index (κ3) is 5.19. The zero-order chi connectivity index (χ0) is 34.4. The number of rotatable bonds is 5. The third-order valence-corrected chi connectivity index (χ3v) is 10.1. The van der Waals surface area contributed by atoms with Gasteiger partial charge in [-0.3, -0.25) is 0 Å². The Morgan fingerprint density at radius 3 is 1.48 bits per heavy atom. The number of hydrogen-bond acceptors (Lipinski definition) is 3. The molecule has 7 aromatic carbocycles. The van der Waals surface area contributed by atoms with E-state index in [4.69, 9.17) is 15.0 Å². The van der Waals surface area contributed by atoms with Crippen molar-refractivity contribution in [3.8, 4) is 56.0 Å². The van der Waals surface area contributed by atoms with E-state index in [0.29, 0.717) is 0 Å². The molecule has 3 heteroatoms. The number of aromatic nitrogens is 3. The molecule has 3 heterocycles. The van der Waals surface area contributed by atoms with Gasteiger partial charge in [0.1, 0.15) is 0 Å². The summed E-state index contributed by atoms with van der Waals surface area (Å²) in [5.41, 5.74) is 13.5. The zero-order valence-electron chi connectivity index (χ0n) is 28.2. The number of hydrogen-bond donors (Lipinski definition) is 0. The van der Waals surface area contributed by atoms with Gasteiger partial charge in [-0.2, -0.15) is 0 Å². The molecule has 0 radical (unpaired) electrons. The summed E-state index contributed by atoms with van der Waals surface area (Å²) in [6, 6.07) is 66.2. The first kappa shape index (κ1) is 29.9. The predicted molar refractivity (Wildman–Crippen MR) is 217 cm³/mol. The number of nitrogens with zero attached hydrogens (tertiary/aromatic N) is 3. The summed E-state index contributed by atoms with van der Waals surface area (Å²) in [5.74, 6) is 0. The van der Waals surface area contributed by atoms with Crippen LogP contribution in [0.3, 0.4) is 0 Å². The average Bonchev–Trinajstić information content (AvgIpc) is 3.23. The summed E-state index contributed by atoms with van der Waals surface area (Å²) in [6.45, 7) is 0. The van der Waals surface area contributed by atoms with Gasteiger partial charge in [0.2, 0.25) is 0 Å². The first-order valence-corrected chi connectivity index (χ1v) is 17.6. The summed E-state index contributed by atoms with van der Waals surface area (Å²) >= 11 is 0. The van der Waals surface area contributed by atoms with E-state index in [2.05, 4.69) is 170 Å². The van der Waals surface area contributed by atoms with E-state index in [1.807, 2.05) is 18.2 Å². The van der Waals surface area contributed by atoms with Gasteiger partial charge in [-0.1, -0.05) is 170 Å². The lowest BCUT2D eigenvalue weighted by atomic mass is 9.91. The summed E-state index contributed by atoms with van der Waals surface area (Å²) < 4.78 is 0. The highest BCUT2D eigenvalue weighted by Gasteiger charge is 2.16. The van der Waals surface area contributed by atoms with Gasteiger partial charge in [0, 0.05) is 43.6 Å². The lowest BCUT2D eigenvalue weighted by Crippen LogP contribution is -1.94. The minimum Gasteiger partial charge on any atom is -0.247 e. The van der Waals surface area contributed by atoms with Crippen molar-refractivity contribution in [2.75, 3.05) is 0 Å². The molecule has 3 aromatic heterocycles. The summed E-state index contributed by atoms with van der Waals surface area (Å²) in [7, 11) is 0. The molecular weight excluding hydrogens is 631 g/mol. The van der Waals surface area contributed by atoms with E-state index in [1.54, 1.807) is 0 Å². The molecule has 0 bridgehead atoms. The Morgan fingerprint density at radius 1 is 0.308 bits per heavy atom. The fourth-order valence-electron chi connectivity index (χ4n) is 7.44. The molecule has 52 heavy (non-hydrogen) atoms. The molecule has 10 aromatic rings. The van der Waals surface area contributed by atoms with Crippen LogP contribution < -0.4 is 0 Å². The van der Waals surface area contributed by atoms with E-state index in [1.165, 1.54) is 27.6 Å². The predicted octanol–water partition coefficient (Wildman–Crippen LogP) is 12.8. The van der Waals surface area contributed by atoms with Crippen molar-refractivity contribution in [3.63, 3.8) is 0 Å². The second-order valence-electron chi connectivity index (χ2n) is 13.2. The van der Waals surface area contributed by atoms with E-state index in [-0.39, 0.29) is 0 Å². The van der Waals surface area contributed by atoms with Crippen molar-refractivity contribution in [3.05, 3.63) is 188 Å². The van der Waals surface area contributed by atoms with Crippen molar-refractivity contribution < 1.29 is 0 Å². The van der Waals surface area contributed by atoms with E-state index in [9.17, 15) is 0 Å². The Kier molecular flexibility index (Phi) is 7.14. The van der Waals surface area contributed by atoms with Crippen LogP contribution >= 0.6 is 0 Å². The second kappa shape index (κ2) is 12.4. The maximum atomic E-state index is 5.37. The zero-order valence-corrected chi connectivity index (χ0v) is 28.2. The van der Waals surface area contributed by atoms with Crippen LogP contribution in [0.25, 0.3) is 99.5 Å². The highest BCUT2D eigenvalue weighted by Crippen LogP contribution is 2.40. The maximum absolute atomic E-state index is 5.37. The van der Waals surface area contributed by atoms with Crippen molar-refractivity contribution in [2.45, 2.75) is 0 Å². The molecule has 10 rings (SSSR count). The first-order valence-electron chi connectivity index (χ1n) is 17.6. The lowest BCUT2D eigenvalue weighted by molar-refractivity contribution is 1.36. The highest BCUT2D eigenvalue weighted by molar-refractivity contribution is 6.17. The molecule has 0 N–H and O–H groups in total.